The highest BCUT2D eigenvalue weighted by Crippen LogP contribution is 2.15. The molecule has 0 aliphatic carbocycles. The number of carbonyl (C=O) groups excluding carboxylic acids is 1. The Morgan fingerprint density at radius 2 is 0.895 bits per heavy atom. The van der Waals surface area contributed by atoms with Gasteiger partial charge in [-0.1, -0.05) is 162 Å². The molecule has 0 spiro atoms. The summed E-state index contributed by atoms with van der Waals surface area (Å²) in [6, 6.07) is -0.799. The second-order valence-corrected chi connectivity index (χ2v) is 11.7. The van der Waals surface area contributed by atoms with Crippen LogP contribution in [0.15, 0.2) is 0 Å². The van der Waals surface area contributed by atoms with Gasteiger partial charge in [-0.25, -0.2) is 0 Å². The van der Waals surface area contributed by atoms with Gasteiger partial charge >= 0.3 is 0 Å². The van der Waals surface area contributed by atoms with Crippen molar-refractivity contribution in [2.45, 2.75) is 199 Å². The van der Waals surface area contributed by atoms with Gasteiger partial charge in [0.25, 0.3) is 0 Å². The molecule has 0 radical (unpaired) electrons. The van der Waals surface area contributed by atoms with Crippen LogP contribution in [0.2, 0.25) is 0 Å². The molecule has 0 bridgehead atoms. The van der Waals surface area contributed by atoms with Crippen LogP contribution in [0.4, 0.5) is 0 Å². The van der Waals surface area contributed by atoms with Crippen LogP contribution in [0, 0.1) is 0 Å². The molecule has 5 heteroatoms. The summed E-state index contributed by atoms with van der Waals surface area (Å²) in [6.45, 7) is 4.15. The Kier molecular flexibility index (Phi) is 28.8. The highest BCUT2D eigenvalue weighted by atomic mass is 16.3. The molecule has 0 aliphatic heterocycles. The van der Waals surface area contributed by atoms with Crippen molar-refractivity contribution < 1.29 is 20.1 Å². The van der Waals surface area contributed by atoms with Crippen molar-refractivity contribution in [1.29, 1.82) is 0 Å². The lowest BCUT2D eigenvalue weighted by molar-refractivity contribution is -0.124. The molecule has 0 aromatic heterocycles. The molecule has 38 heavy (non-hydrogen) atoms. The molecule has 1 unspecified atom stereocenters. The molecule has 4 N–H and O–H groups in total. The van der Waals surface area contributed by atoms with Gasteiger partial charge in [0.1, 0.15) is 6.10 Å². The van der Waals surface area contributed by atoms with Crippen LogP contribution in [-0.4, -0.2) is 46.1 Å². The lowest BCUT2D eigenvalue weighted by atomic mass is 9.99. The highest BCUT2D eigenvalue weighted by molar-refractivity contribution is 5.76. The molecular weight excluding hydrogens is 474 g/mol. The fraction of sp³-hybridized carbons (Fsp3) is 0.970. The zero-order valence-corrected chi connectivity index (χ0v) is 25.6. The molecule has 0 saturated heterocycles. The summed E-state index contributed by atoms with van der Waals surface area (Å²) in [4.78, 5) is 12.3. The Bertz CT molecular complexity index is 488. The average Bonchev–Trinajstić information content (AvgIpc) is 2.92. The molecule has 0 aromatic rings. The van der Waals surface area contributed by atoms with E-state index in [1.54, 1.807) is 0 Å². The summed E-state index contributed by atoms with van der Waals surface area (Å²) in [5, 5.41) is 33.2. The molecule has 228 valence electrons. The summed E-state index contributed by atoms with van der Waals surface area (Å²) in [6.07, 6.45) is 29.0. The molecule has 0 fully saturated rings. The maximum atomic E-state index is 12.3. The van der Waals surface area contributed by atoms with Crippen molar-refractivity contribution in [3.63, 3.8) is 0 Å². The SMILES string of the molecule is CCCCCCCCCCCCCCC(=O)N[C@H](CO)[C@H](O)C(O)CCCCCCCCCCCCCC. The number of nitrogens with one attached hydrogen (secondary N) is 1. The van der Waals surface area contributed by atoms with Crippen molar-refractivity contribution in [3.05, 3.63) is 0 Å². The number of hydrogen-bond donors (Lipinski definition) is 4. The van der Waals surface area contributed by atoms with Gasteiger partial charge in [-0.2, -0.15) is 0 Å². The topological polar surface area (TPSA) is 89.8 Å². The van der Waals surface area contributed by atoms with E-state index >= 15 is 0 Å². The van der Waals surface area contributed by atoms with Crippen molar-refractivity contribution in [1.82, 2.24) is 5.32 Å². The predicted octanol–water partition coefficient (Wildman–Crippen LogP) is 8.37. The van der Waals surface area contributed by atoms with Crippen LogP contribution in [0.5, 0.6) is 0 Å². The van der Waals surface area contributed by atoms with Crippen LogP contribution in [-0.2, 0) is 4.79 Å². The van der Waals surface area contributed by atoms with Gasteiger partial charge in [-0.05, 0) is 12.8 Å². The molecule has 0 aromatic carbocycles. The van der Waals surface area contributed by atoms with Crippen molar-refractivity contribution in [2.75, 3.05) is 6.61 Å². The highest BCUT2D eigenvalue weighted by Gasteiger charge is 2.26. The Morgan fingerprint density at radius 1 is 0.553 bits per heavy atom. The zero-order chi connectivity index (χ0) is 28.1. The summed E-state index contributed by atoms with van der Waals surface area (Å²) >= 11 is 0. The summed E-state index contributed by atoms with van der Waals surface area (Å²) in [5.74, 6) is -0.146. The normalized spacial score (nSPS) is 13.9. The first-order valence-electron chi connectivity index (χ1n) is 16.8. The maximum Gasteiger partial charge on any atom is 0.220 e. The van der Waals surface area contributed by atoms with Gasteiger partial charge in [-0.3, -0.25) is 4.79 Å². The van der Waals surface area contributed by atoms with E-state index < -0.39 is 18.2 Å². The van der Waals surface area contributed by atoms with E-state index in [9.17, 15) is 20.1 Å². The van der Waals surface area contributed by atoms with Gasteiger partial charge < -0.3 is 20.6 Å². The minimum Gasteiger partial charge on any atom is -0.394 e. The van der Waals surface area contributed by atoms with E-state index in [4.69, 9.17) is 0 Å². The number of hydrogen-bond acceptors (Lipinski definition) is 4. The first kappa shape index (κ1) is 37.4. The van der Waals surface area contributed by atoms with E-state index in [-0.39, 0.29) is 12.5 Å². The van der Waals surface area contributed by atoms with Gasteiger partial charge in [0.15, 0.2) is 0 Å². The summed E-state index contributed by atoms with van der Waals surface area (Å²) < 4.78 is 0. The third-order valence-corrected chi connectivity index (χ3v) is 7.96. The van der Waals surface area contributed by atoms with Crippen molar-refractivity contribution >= 4 is 5.91 Å². The van der Waals surface area contributed by atoms with Gasteiger partial charge in [0.05, 0.1) is 18.8 Å². The summed E-state index contributed by atoms with van der Waals surface area (Å²) in [7, 11) is 0. The number of carbonyl (C=O) groups is 1. The molecule has 0 aliphatic rings. The van der Waals surface area contributed by atoms with Gasteiger partial charge in [0.2, 0.25) is 5.91 Å². The fourth-order valence-electron chi connectivity index (χ4n) is 5.28. The van der Waals surface area contributed by atoms with E-state index in [2.05, 4.69) is 19.2 Å². The Balaban J connectivity index is 3.71. The average molecular weight is 542 g/mol. The predicted molar refractivity (Wildman–Crippen MR) is 162 cm³/mol. The smallest absolute Gasteiger partial charge is 0.220 e. The van der Waals surface area contributed by atoms with Crippen molar-refractivity contribution in [2.24, 2.45) is 0 Å². The first-order chi connectivity index (χ1) is 18.6. The standard InChI is InChI=1S/C33H67NO4/c1-3-5-7-9-11-13-15-17-19-21-23-25-27-31(36)33(38)30(29-35)34-32(37)28-26-24-22-20-18-16-14-12-10-8-6-4-2/h30-31,33,35-36,38H,3-29H2,1-2H3,(H,34,37)/t30-,31?,33+/m1/s1. The molecule has 0 heterocycles. The van der Waals surface area contributed by atoms with Crippen LogP contribution in [0.3, 0.4) is 0 Å². The van der Waals surface area contributed by atoms with Crippen LogP contribution in [0.25, 0.3) is 0 Å². The molecular formula is C33H67NO4. The van der Waals surface area contributed by atoms with Crippen molar-refractivity contribution in [3.8, 4) is 0 Å². The second kappa shape index (κ2) is 29.3. The monoisotopic (exact) mass is 542 g/mol. The zero-order valence-electron chi connectivity index (χ0n) is 25.6. The van der Waals surface area contributed by atoms with Crippen LogP contribution in [0.1, 0.15) is 181 Å². The Hall–Kier alpha value is -0.650. The molecule has 1 amide bonds. The lowest BCUT2D eigenvalue weighted by Crippen LogP contribution is -2.50. The number of rotatable bonds is 30. The van der Waals surface area contributed by atoms with Crippen LogP contribution >= 0.6 is 0 Å². The molecule has 3 atom stereocenters. The van der Waals surface area contributed by atoms with Gasteiger partial charge in [-0.15, -0.1) is 0 Å². The number of aliphatic hydroxyl groups is 3. The second-order valence-electron chi connectivity index (χ2n) is 11.7. The quantitative estimate of drug-likeness (QED) is 0.0688. The number of amides is 1. The Labute approximate surface area is 237 Å². The van der Waals surface area contributed by atoms with E-state index in [1.165, 1.54) is 116 Å². The molecule has 0 rings (SSSR count). The third-order valence-electron chi connectivity index (χ3n) is 7.96. The lowest BCUT2D eigenvalue weighted by Gasteiger charge is -2.26. The molecule has 0 saturated carbocycles. The number of aliphatic hydroxyl groups excluding tert-OH is 3. The largest absolute Gasteiger partial charge is 0.394 e. The minimum absolute atomic E-state index is 0.146. The maximum absolute atomic E-state index is 12.3. The van der Waals surface area contributed by atoms with Gasteiger partial charge in [0, 0.05) is 6.42 Å². The van der Waals surface area contributed by atoms with E-state index in [0.717, 1.165) is 38.5 Å². The third kappa shape index (κ3) is 24.4. The van der Waals surface area contributed by atoms with E-state index in [1.807, 2.05) is 0 Å². The fourth-order valence-corrected chi connectivity index (χ4v) is 5.28. The number of unbranched alkanes of at least 4 members (excludes halogenated alkanes) is 22. The Morgan fingerprint density at radius 3 is 1.26 bits per heavy atom. The minimum atomic E-state index is -1.13. The van der Waals surface area contributed by atoms with E-state index in [0.29, 0.717) is 12.8 Å². The summed E-state index contributed by atoms with van der Waals surface area (Å²) in [5.41, 5.74) is 0. The first-order valence-corrected chi connectivity index (χ1v) is 16.8. The van der Waals surface area contributed by atoms with Crippen LogP contribution < -0.4 is 5.32 Å². The molecule has 5 nitrogen and oxygen atoms in total.